The number of nitrogens with one attached hydrogen (secondary N) is 1. The lowest BCUT2D eigenvalue weighted by atomic mass is 10.1. The first-order chi connectivity index (χ1) is 10.3. The van der Waals surface area contributed by atoms with Gasteiger partial charge < -0.3 is 15.0 Å². The summed E-state index contributed by atoms with van der Waals surface area (Å²) in [5, 5.41) is 4.59. The second-order valence-electron chi connectivity index (χ2n) is 5.06. The molecule has 0 saturated heterocycles. The Labute approximate surface area is 129 Å². The van der Waals surface area contributed by atoms with Gasteiger partial charge >= 0.3 is 0 Å². The number of rotatable bonds is 6. The molecule has 5 heteroatoms. The van der Waals surface area contributed by atoms with Crippen molar-refractivity contribution in [3.05, 3.63) is 34.8 Å². The maximum Gasteiger partial charge on any atom is 0.185 e. The number of nitrogens with zero attached hydrogens (tertiary/aromatic N) is 2. The van der Waals surface area contributed by atoms with Gasteiger partial charge in [0.25, 0.3) is 0 Å². The van der Waals surface area contributed by atoms with Crippen molar-refractivity contribution in [1.82, 2.24) is 4.98 Å². The average molecular weight is 303 g/mol. The van der Waals surface area contributed by atoms with Gasteiger partial charge in [-0.3, -0.25) is 0 Å². The van der Waals surface area contributed by atoms with Gasteiger partial charge in [-0.2, -0.15) is 0 Å². The first-order valence-electron chi connectivity index (χ1n) is 7.49. The van der Waals surface area contributed by atoms with Crippen LogP contribution in [0.1, 0.15) is 24.3 Å². The lowest BCUT2D eigenvalue weighted by Crippen LogP contribution is -2.21. The highest BCUT2D eigenvalue weighted by Crippen LogP contribution is 2.28. The van der Waals surface area contributed by atoms with Gasteiger partial charge in [-0.25, -0.2) is 4.98 Å². The van der Waals surface area contributed by atoms with Crippen LogP contribution in [0.25, 0.3) is 0 Å². The molecule has 1 aromatic carbocycles. The Morgan fingerprint density at radius 2 is 2.19 bits per heavy atom. The Hall–Kier alpha value is -1.75. The van der Waals surface area contributed by atoms with Crippen LogP contribution in [0.2, 0.25) is 0 Å². The molecule has 4 nitrogen and oxygen atoms in total. The number of aromatic nitrogens is 1. The van der Waals surface area contributed by atoms with E-state index in [1.54, 1.807) is 11.3 Å². The molecular weight excluding hydrogens is 282 g/mol. The predicted octanol–water partition coefficient (Wildman–Crippen LogP) is 3.54. The van der Waals surface area contributed by atoms with Crippen LogP contribution in [-0.2, 0) is 13.0 Å². The zero-order chi connectivity index (χ0) is 14.7. The van der Waals surface area contributed by atoms with E-state index in [0.29, 0.717) is 0 Å². The van der Waals surface area contributed by atoms with Gasteiger partial charge in [-0.15, -0.1) is 11.3 Å². The Morgan fingerprint density at radius 3 is 3.00 bits per heavy atom. The van der Waals surface area contributed by atoms with E-state index in [1.807, 2.05) is 6.20 Å². The van der Waals surface area contributed by atoms with Crippen LogP contribution in [0.15, 0.2) is 24.4 Å². The third-order valence-electron chi connectivity index (χ3n) is 3.73. The summed E-state index contributed by atoms with van der Waals surface area (Å²) in [6, 6.07) is 6.32. The first kappa shape index (κ1) is 14.2. The third kappa shape index (κ3) is 3.13. The minimum Gasteiger partial charge on any atom is -0.493 e. The van der Waals surface area contributed by atoms with Gasteiger partial charge in [-0.05, 0) is 37.6 Å². The molecule has 2 heterocycles. The smallest absolute Gasteiger partial charge is 0.185 e. The Balaban J connectivity index is 1.62. The lowest BCUT2D eigenvalue weighted by Gasteiger charge is -2.16. The monoisotopic (exact) mass is 303 g/mol. The summed E-state index contributed by atoms with van der Waals surface area (Å²) >= 11 is 1.76. The molecule has 0 unspecified atom stereocenters. The van der Waals surface area contributed by atoms with Crippen molar-refractivity contribution in [2.45, 2.75) is 26.8 Å². The van der Waals surface area contributed by atoms with Crippen molar-refractivity contribution in [3.63, 3.8) is 0 Å². The fraction of sp³-hybridized carbons (Fsp3) is 0.438. The minimum atomic E-state index is 0.806. The highest BCUT2D eigenvalue weighted by atomic mass is 32.1. The molecule has 2 aromatic rings. The fourth-order valence-electron chi connectivity index (χ4n) is 2.50. The molecule has 0 radical (unpaired) electrons. The standard InChI is InChI=1S/C16H21N3OS/c1-3-19(4-2)16-18-11-14(21-16)10-17-13-5-6-15-12(9-13)7-8-20-15/h5-6,9,11,17H,3-4,7-8,10H2,1-2H3. The minimum absolute atomic E-state index is 0.806. The SMILES string of the molecule is CCN(CC)c1ncc(CNc2ccc3c(c2)CCO3)s1. The van der Waals surface area contributed by atoms with Crippen LogP contribution >= 0.6 is 11.3 Å². The van der Waals surface area contributed by atoms with Crippen LogP contribution in [0.3, 0.4) is 0 Å². The molecule has 0 saturated carbocycles. The number of hydrogen-bond acceptors (Lipinski definition) is 5. The number of hydrogen-bond donors (Lipinski definition) is 1. The van der Waals surface area contributed by atoms with Crippen molar-refractivity contribution >= 4 is 22.2 Å². The Kier molecular flexibility index (Phi) is 4.29. The molecule has 1 N–H and O–H groups in total. The van der Waals surface area contributed by atoms with Crippen LogP contribution in [0.5, 0.6) is 5.75 Å². The quantitative estimate of drug-likeness (QED) is 0.886. The molecule has 21 heavy (non-hydrogen) atoms. The van der Waals surface area contributed by atoms with E-state index in [1.165, 1.54) is 10.4 Å². The maximum atomic E-state index is 5.53. The molecule has 0 amide bonds. The number of benzene rings is 1. The molecule has 0 bridgehead atoms. The summed E-state index contributed by atoms with van der Waals surface area (Å²) in [7, 11) is 0. The van der Waals surface area contributed by atoms with E-state index < -0.39 is 0 Å². The fourth-order valence-corrected chi connectivity index (χ4v) is 3.48. The molecule has 1 aromatic heterocycles. The normalized spacial score (nSPS) is 12.9. The summed E-state index contributed by atoms with van der Waals surface area (Å²) in [6.07, 6.45) is 2.99. The molecule has 0 spiro atoms. The summed E-state index contributed by atoms with van der Waals surface area (Å²) < 4.78 is 5.53. The van der Waals surface area contributed by atoms with Crippen LogP contribution in [0.4, 0.5) is 10.8 Å². The van der Waals surface area contributed by atoms with E-state index >= 15 is 0 Å². The van der Waals surface area contributed by atoms with Gasteiger partial charge in [0.15, 0.2) is 5.13 Å². The van der Waals surface area contributed by atoms with E-state index in [0.717, 1.165) is 49.2 Å². The molecule has 0 atom stereocenters. The molecule has 0 aliphatic carbocycles. The lowest BCUT2D eigenvalue weighted by molar-refractivity contribution is 0.357. The van der Waals surface area contributed by atoms with Gasteiger partial charge in [0.05, 0.1) is 13.2 Å². The van der Waals surface area contributed by atoms with Gasteiger partial charge in [0, 0.05) is 36.3 Å². The molecule has 0 fully saturated rings. The van der Waals surface area contributed by atoms with Crippen molar-refractivity contribution in [3.8, 4) is 5.75 Å². The third-order valence-corrected chi connectivity index (χ3v) is 4.79. The maximum absolute atomic E-state index is 5.53. The first-order valence-corrected chi connectivity index (χ1v) is 8.31. The van der Waals surface area contributed by atoms with E-state index in [9.17, 15) is 0 Å². The van der Waals surface area contributed by atoms with Crippen molar-refractivity contribution in [2.75, 3.05) is 29.9 Å². The highest BCUT2D eigenvalue weighted by Gasteiger charge is 2.12. The molecule has 1 aliphatic rings. The van der Waals surface area contributed by atoms with Gasteiger partial charge in [-0.1, -0.05) is 0 Å². The molecular formula is C16H21N3OS. The van der Waals surface area contributed by atoms with Gasteiger partial charge in [0.2, 0.25) is 0 Å². The second kappa shape index (κ2) is 6.35. The zero-order valence-electron chi connectivity index (χ0n) is 12.6. The Morgan fingerprint density at radius 1 is 1.33 bits per heavy atom. The zero-order valence-corrected chi connectivity index (χ0v) is 13.4. The van der Waals surface area contributed by atoms with Crippen LogP contribution in [-0.4, -0.2) is 24.7 Å². The van der Waals surface area contributed by atoms with Gasteiger partial charge in [0.1, 0.15) is 5.75 Å². The molecule has 112 valence electrons. The van der Waals surface area contributed by atoms with Crippen molar-refractivity contribution in [1.29, 1.82) is 0 Å². The van der Waals surface area contributed by atoms with Crippen molar-refractivity contribution in [2.24, 2.45) is 0 Å². The largest absolute Gasteiger partial charge is 0.493 e. The second-order valence-corrected chi connectivity index (χ2v) is 6.15. The van der Waals surface area contributed by atoms with E-state index in [2.05, 4.69) is 47.2 Å². The number of fused-ring (bicyclic) bond motifs is 1. The number of anilines is 2. The predicted molar refractivity (Wildman–Crippen MR) is 88.6 cm³/mol. The van der Waals surface area contributed by atoms with E-state index in [-0.39, 0.29) is 0 Å². The molecule has 3 rings (SSSR count). The molecule has 1 aliphatic heterocycles. The summed E-state index contributed by atoms with van der Waals surface area (Å²) in [4.78, 5) is 8.05. The summed E-state index contributed by atoms with van der Waals surface area (Å²) in [5.41, 5.74) is 2.45. The van der Waals surface area contributed by atoms with Crippen molar-refractivity contribution < 1.29 is 4.74 Å². The van der Waals surface area contributed by atoms with E-state index in [4.69, 9.17) is 4.74 Å². The van der Waals surface area contributed by atoms with Crippen LogP contribution < -0.4 is 15.0 Å². The Bertz CT molecular complexity index is 607. The highest BCUT2D eigenvalue weighted by molar-refractivity contribution is 7.15. The average Bonchev–Trinajstić information content (AvgIpc) is 3.15. The summed E-state index contributed by atoms with van der Waals surface area (Å²) in [5.74, 6) is 1.03. The number of thiazole rings is 1. The summed E-state index contributed by atoms with van der Waals surface area (Å²) in [6.45, 7) is 7.95. The number of ether oxygens (including phenoxy) is 1. The topological polar surface area (TPSA) is 37.4 Å². The van der Waals surface area contributed by atoms with Crippen LogP contribution in [0, 0.1) is 0 Å².